The molecule has 6 nitrogen and oxygen atoms in total. The van der Waals surface area contributed by atoms with Crippen molar-refractivity contribution in [3.8, 4) is 11.4 Å². The number of aryl methyl sites for hydroxylation is 1. The molecule has 1 N–H and O–H groups in total. The van der Waals surface area contributed by atoms with Crippen molar-refractivity contribution >= 4 is 6.09 Å². The minimum atomic E-state index is -0.497. The van der Waals surface area contributed by atoms with Gasteiger partial charge in [-0.3, -0.25) is 0 Å². The molecule has 1 saturated carbocycles. The molecule has 1 heterocycles. The van der Waals surface area contributed by atoms with Crippen molar-refractivity contribution in [2.75, 3.05) is 0 Å². The molecule has 1 aromatic carbocycles. The quantitative estimate of drug-likeness (QED) is 0.310. The van der Waals surface area contributed by atoms with E-state index in [9.17, 15) is 4.79 Å². The minimum absolute atomic E-state index is 0.0644. The first kappa shape index (κ1) is 27.2. The molecule has 0 aliphatic heterocycles. The van der Waals surface area contributed by atoms with Gasteiger partial charge in [0.25, 0.3) is 0 Å². The summed E-state index contributed by atoms with van der Waals surface area (Å²) < 4.78 is 11.1. The third kappa shape index (κ3) is 9.65. The van der Waals surface area contributed by atoms with E-state index in [2.05, 4.69) is 41.7 Å². The highest BCUT2D eigenvalue weighted by molar-refractivity contribution is 5.68. The monoisotopic (exact) mass is 483 g/mol. The van der Waals surface area contributed by atoms with Crippen LogP contribution < -0.4 is 5.32 Å². The Balaban J connectivity index is 1.44. The largest absolute Gasteiger partial charge is 0.444 e. The van der Waals surface area contributed by atoms with Gasteiger partial charge >= 0.3 is 6.09 Å². The Labute approximate surface area is 211 Å². The topological polar surface area (TPSA) is 77.2 Å². The number of benzene rings is 1. The molecule has 1 aliphatic carbocycles. The zero-order chi connectivity index (χ0) is 25.1. The molecule has 0 bridgehead atoms. The van der Waals surface area contributed by atoms with Crippen molar-refractivity contribution in [2.24, 2.45) is 0 Å². The van der Waals surface area contributed by atoms with E-state index in [1.807, 2.05) is 20.8 Å². The van der Waals surface area contributed by atoms with Gasteiger partial charge in [0.15, 0.2) is 0 Å². The second kappa shape index (κ2) is 13.6. The first-order chi connectivity index (χ1) is 16.8. The molecule has 1 aromatic heterocycles. The van der Waals surface area contributed by atoms with Crippen LogP contribution in [0.15, 0.2) is 28.8 Å². The SMILES string of the molecule is CCCCCCCCCCc1ccc(-c2noc([C@H]3CCC[C@H](NC(=O)OC(C)(C)C)C3)n2)cc1. The number of rotatable bonds is 12. The van der Waals surface area contributed by atoms with Gasteiger partial charge in [0.1, 0.15) is 5.60 Å². The van der Waals surface area contributed by atoms with Crippen LogP contribution in [0.2, 0.25) is 0 Å². The van der Waals surface area contributed by atoms with Crippen LogP contribution in [0.3, 0.4) is 0 Å². The molecular weight excluding hydrogens is 438 g/mol. The van der Waals surface area contributed by atoms with Crippen molar-refractivity contribution in [1.29, 1.82) is 0 Å². The van der Waals surface area contributed by atoms with Gasteiger partial charge in [-0.1, -0.05) is 87.7 Å². The number of nitrogens with zero attached hydrogens (tertiary/aromatic N) is 2. The minimum Gasteiger partial charge on any atom is -0.444 e. The van der Waals surface area contributed by atoms with Crippen LogP contribution in [-0.4, -0.2) is 27.9 Å². The fourth-order valence-corrected chi connectivity index (χ4v) is 4.82. The van der Waals surface area contributed by atoms with E-state index in [-0.39, 0.29) is 18.1 Å². The van der Waals surface area contributed by atoms with Crippen molar-refractivity contribution in [3.63, 3.8) is 0 Å². The van der Waals surface area contributed by atoms with Crippen LogP contribution in [-0.2, 0) is 11.2 Å². The van der Waals surface area contributed by atoms with Gasteiger partial charge in [0.05, 0.1) is 0 Å². The predicted molar refractivity (Wildman–Crippen MR) is 140 cm³/mol. The number of nitrogens with one attached hydrogen (secondary N) is 1. The van der Waals surface area contributed by atoms with Crippen molar-refractivity contribution in [1.82, 2.24) is 15.5 Å². The van der Waals surface area contributed by atoms with E-state index in [0.29, 0.717) is 11.7 Å². The average molecular weight is 484 g/mol. The van der Waals surface area contributed by atoms with Crippen LogP contribution >= 0.6 is 0 Å². The van der Waals surface area contributed by atoms with Gasteiger partial charge in [-0.15, -0.1) is 0 Å². The molecule has 35 heavy (non-hydrogen) atoms. The maximum atomic E-state index is 12.1. The highest BCUT2D eigenvalue weighted by Gasteiger charge is 2.29. The number of amides is 1. The van der Waals surface area contributed by atoms with Gasteiger partial charge in [-0.25, -0.2) is 4.79 Å². The maximum Gasteiger partial charge on any atom is 0.407 e. The van der Waals surface area contributed by atoms with Crippen LogP contribution in [0.1, 0.15) is 122 Å². The number of carbonyl (C=O) groups excluding carboxylic acids is 1. The summed E-state index contributed by atoms with van der Waals surface area (Å²) in [5, 5.41) is 7.25. The van der Waals surface area contributed by atoms with E-state index >= 15 is 0 Å². The van der Waals surface area contributed by atoms with Crippen molar-refractivity contribution in [2.45, 2.75) is 129 Å². The summed E-state index contributed by atoms with van der Waals surface area (Å²) >= 11 is 0. The predicted octanol–water partition coefficient (Wildman–Crippen LogP) is 7.97. The summed E-state index contributed by atoms with van der Waals surface area (Å²) in [7, 11) is 0. The number of alkyl carbamates (subject to hydrolysis) is 1. The van der Waals surface area contributed by atoms with Gasteiger partial charge in [0, 0.05) is 17.5 Å². The molecule has 0 saturated heterocycles. The number of carbonyl (C=O) groups is 1. The summed E-state index contributed by atoms with van der Waals surface area (Å²) in [6.07, 6.45) is 15.3. The lowest BCUT2D eigenvalue weighted by atomic mass is 9.85. The molecule has 194 valence electrons. The number of hydrogen-bond acceptors (Lipinski definition) is 5. The second-order valence-corrected chi connectivity index (χ2v) is 11.1. The zero-order valence-electron chi connectivity index (χ0n) is 22.3. The molecular formula is C29H45N3O3. The molecule has 0 spiro atoms. The lowest BCUT2D eigenvalue weighted by Gasteiger charge is -2.29. The number of ether oxygens (including phenoxy) is 1. The zero-order valence-corrected chi connectivity index (χ0v) is 22.3. The van der Waals surface area contributed by atoms with E-state index < -0.39 is 5.60 Å². The van der Waals surface area contributed by atoms with E-state index in [0.717, 1.165) is 37.7 Å². The summed E-state index contributed by atoms with van der Waals surface area (Å²) in [6.45, 7) is 7.89. The Kier molecular flexibility index (Phi) is 10.6. The van der Waals surface area contributed by atoms with Crippen LogP contribution in [0.5, 0.6) is 0 Å². The molecule has 3 rings (SSSR count). The maximum absolute atomic E-state index is 12.1. The smallest absolute Gasteiger partial charge is 0.407 e. The number of aromatic nitrogens is 2. The molecule has 1 amide bonds. The first-order valence-corrected chi connectivity index (χ1v) is 13.8. The van der Waals surface area contributed by atoms with Gasteiger partial charge in [-0.2, -0.15) is 4.98 Å². The fourth-order valence-electron chi connectivity index (χ4n) is 4.82. The van der Waals surface area contributed by atoms with Gasteiger partial charge < -0.3 is 14.6 Å². The number of hydrogen-bond donors (Lipinski definition) is 1. The molecule has 1 aliphatic rings. The van der Waals surface area contributed by atoms with Crippen LogP contribution in [0, 0.1) is 0 Å². The Morgan fingerprint density at radius 3 is 2.40 bits per heavy atom. The molecule has 6 heteroatoms. The Hall–Kier alpha value is -2.37. The Bertz CT molecular complexity index is 885. The number of unbranched alkanes of at least 4 members (excludes halogenated alkanes) is 7. The van der Waals surface area contributed by atoms with E-state index in [1.54, 1.807) is 0 Å². The second-order valence-electron chi connectivity index (χ2n) is 11.1. The summed E-state index contributed by atoms with van der Waals surface area (Å²) in [4.78, 5) is 16.9. The molecule has 1 fully saturated rings. The average Bonchev–Trinajstić information content (AvgIpc) is 3.30. The van der Waals surface area contributed by atoms with E-state index in [4.69, 9.17) is 14.2 Å². The summed E-state index contributed by atoms with van der Waals surface area (Å²) in [5.74, 6) is 1.46. The standard InChI is InChI=1S/C29H45N3O3/c1-5-6-7-8-9-10-11-12-14-22-17-19-23(20-18-22)26-31-27(35-32-26)24-15-13-16-25(21-24)30-28(33)34-29(2,3)4/h17-20,24-25H,5-16,21H2,1-4H3,(H,30,33)/t24-,25-/m0/s1. The lowest BCUT2D eigenvalue weighted by Crippen LogP contribution is -2.41. The lowest BCUT2D eigenvalue weighted by molar-refractivity contribution is 0.0488. The van der Waals surface area contributed by atoms with Crippen LogP contribution in [0.25, 0.3) is 11.4 Å². The van der Waals surface area contributed by atoms with Crippen molar-refractivity contribution in [3.05, 3.63) is 35.7 Å². The normalized spacial score (nSPS) is 18.4. The molecule has 2 atom stereocenters. The molecule has 0 radical (unpaired) electrons. The van der Waals surface area contributed by atoms with Crippen LogP contribution in [0.4, 0.5) is 4.79 Å². The van der Waals surface area contributed by atoms with Gasteiger partial charge in [-0.05, 0) is 58.4 Å². The summed E-state index contributed by atoms with van der Waals surface area (Å²) in [5.41, 5.74) is 1.86. The Morgan fingerprint density at radius 1 is 1.03 bits per heavy atom. The highest BCUT2D eigenvalue weighted by Crippen LogP contribution is 2.33. The third-order valence-electron chi connectivity index (χ3n) is 6.72. The highest BCUT2D eigenvalue weighted by atomic mass is 16.6. The molecule has 2 aromatic rings. The Morgan fingerprint density at radius 2 is 1.71 bits per heavy atom. The van der Waals surface area contributed by atoms with Crippen molar-refractivity contribution < 1.29 is 14.1 Å². The molecule has 0 unspecified atom stereocenters. The third-order valence-corrected chi connectivity index (χ3v) is 6.72. The first-order valence-electron chi connectivity index (χ1n) is 13.8. The van der Waals surface area contributed by atoms with Gasteiger partial charge in [0.2, 0.25) is 11.7 Å². The summed E-state index contributed by atoms with van der Waals surface area (Å²) in [6, 6.07) is 8.64. The fraction of sp³-hybridized carbons (Fsp3) is 0.690. The van der Waals surface area contributed by atoms with E-state index in [1.165, 1.54) is 56.9 Å².